The molecule has 0 heterocycles. The molecule has 0 fully saturated rings. The standard InChI is InChI=1S/C18H11BrClFN2O3/c19-13-3-5-16(21)11(7-13)2-6-18(25)26-10-17(24)23-14-4-1-12(9-22)15(20)8-14/h1-8H,10H2,(H,23,24)/b6-2+. The van der Waals surface area contributed by atoms with Gasteiger partial charge in [0, 0.05) is 21.8 Å². The van der Waals surface area contributed by atoms with Crippen molar-refractivity contribution < 1.29 is 18.7 Å². The number of nitriles is 1. The molecule has 0 bridgehead atoms. The normalized spacial score (nSPS) is 10.4. The van der Waals surface area contributed by atoms with Gasteiger partial charge in [0.15, 0.2) is 6.61 Å². The van der Waals surface area contributed by atoms with Gasteiger partial charge < -0.3 is 10.1 Å². The first kappa shape index (κ1) is 19.6. The van der Waals surface area contributed by atoms with Crippen LogP contribution in [0.4, 0.5) is 10.1 Å². The summed E-state index contributed by atoms with van der Waals surface area (Å²) in [5, 5.41) is 11.5. The summed E-state index contributed by atoms with van der Waals surface area (Å²) in [5.41, 5.74) is 0.843. The van der Waals surface area contributed by atoms with Gasteiger partial charge in [0.05, 0.1) is 10.6 Å². The Bertz CT molecular complexity index is 925. The highest BCUT2D eigenvalue weighted by Gasteiger charge is 2.08. The summed E-state index contributed by atoms with van der Waals surface area (Å²) in [7, 11) is 0. The van der Waals surface area contributed by atoms with E-state index in [-0.39, 0.29) is 16.1 Å². The van der Waals surface area contributed by atoms with E-state index in [2.05, 4.69) is 21.2 Å². The van der Waals surface area contributed by atoms with Crippen LogP contribution < -0.4 is 5.32 Å². The van der Waals surface area contributed by atoms with Crippen LogP contribution in [0, 0.1) is 17.1 Å². The number of nitrogens with zero attached hydrogens (tertiary/aromatic N) is 1. The zero-order valence-electron chi connectivity index (χ0n) is 13.1. The lowest BCUT2D eigenvalue weighted by Gasteiger charge is -2.06. The van der Waals surface area contributed by atoms with Crippen molar-refractivity contribution in [2.45, 2.75) is 0 Å². The largest absolute Gasteiger partial charge is 0.452 e. The van der Waals surface area contributed by atoms with Gasteiger partial charge in [0.2, 0.25) is 0 Å². The van der Waals surface area contributed by atoms with E-state index in [1.54, 1.807) is 0 Å². The third-order valence-electron chi connectivity index (χ3n) is 3.08. The number of anilines is 1. The molecule has 5 nitrogen and oxygen atoms in total. The molecule has 0 aliphatic carbocycles. The van der Waals surface area contributed by atoms with Crippen molar-refractivity contribution in [3.8, 4) is 6.07 Å². The Morgan fingerprint density at radius 3 is 2.77 bits per heavy atom. The number of halogens is 3. The minimum Gasteiger partial charge on any atom is -0.452 e. The lowest BCUT2D eigenvalue weighted by molar-refractivity contribution is -0.142. The smallest absolute Gasteiger partial charge is 0.331 e. The van der Waals surface area contributed by atoms with Crippen LogP contribution in [0.3, 0.4) is 0 Å². The number of rotatable bonds is 5. The van der Waals surface area contributed by atoms with Crippen molar-refractivity contribution in [3.05, 3.63) is 68.9 Å². The SMILES string of the molecule is N#Cc1ccc(NC(=O)COC(=O)/C=C/c2cc(Br)ccc2F)cc1Cl. The molecule has 0 aromatic heterocycles. The number of benzene rings is 2. The van der Waals surface area contributed by atoms with Crippen LogP contribution in [0.15, 0.2) is 46.9 Å². The molecule has 0 spiro atoms. The van der Waals surface area contributed by atoms with Gasteiger partial charge in [0.25, 0.3) is 5.91 Å². The van der Waals surface area contributed by atoms with E-state index in [0.29, 0.717) is 10.2 Å². The molecule has 0 unspecified atom stereocenters. The second kappa shape index (κ2) is 9.13. The van der Waals surface area contributed by atoms with Crippen LogP contribution in [0.5, 0.6) is 0 Å². The van der Waals surface area contributed by atoms with Gasteiger partial charge in [-0.25, -0.2) is 9.18 Å². The van der Waals surface area contributed by atoms with E-state index in [0.717, 1.165) is 6.08 Å². The van der Waals surface area contributed by atoms with Crippen molar-refractivity contribution >= 4 is 51.2 Å². The predicted octanol–water partition coefficient (Wildman–Crippen LogP) is 4.31. The average Bonchev–Trinajstić information content (AvgIpc) is 2.61. The first-order valence-electron chi connectivity index (χ1n) is 7.18. The minimum atomic E-state index is -0.794. The van der Waals surface area contributed by atoms with Crippen LogP contribution in [0.1, 0.15) is 11.1 Å². The van der Waals surface area contributed by atoms with Gasteiger partial charge >= 0.3 is 5.97 Å². The quantitative estimate of drug-likeness (QED) is 0.558. The lowest BCUT2D eigenvalue weighted by Crippen LogP contribution is -2.20. The van der Waals surface area contributed by atoms with Crippen LogP contribution in [-0.4, -0.2) is 18.5 Å². The first-order valence-corrected chi connectivity index (χ1v) is 8.35. The van der Waals surface area contributed by atoms with E-state index < -0.39 is 24.3 Å². The highest BCUT2D eigenvalue weighted by atomic mass is 79.9. The maximum Gasteiger partial charge on any atom is 0.331 e. The molecule has 1 amide bonds. The molecule has 0 atom stereocenters. The summed E-state index contributed by atoms with van der Waals surface area (Å²) in [6, 6.07) is 10.6. The Morgan fingerprint density at radius 2 is 2.08 bits per heavy atom. The predicted molar refractivity (Wildman–Crippen MR) is 98.9 cm³/mol. The summed E-state index contributed by atoms with van der Waals surface area (Å²) >= 11 is 9.06. The van der Waals surface area contributed by atoms with E-state index in [1.807, 2.05) is 6.07 Å². The van der Waals surface area contributed by atoms with Crippen molar-refractivity contribution in [1.82, 2.24) is 0 Å². The molecule has 132 valence electrons. The molecule has 1 N–H and O–H groups in total. The molecule has 0 saturated carbocycles. The summed E-state index contributed by atoms with van der Waals surface area (Å²) < 4.78 is 19.0. The van der Waals surface area contributed by atoms with E-state index in [1.165, 1.54) is 42.5 Å². The number of hydrogen-bond acceptors (Lipinski definition) is 4. The fourth-order valence-corrected chi connectivity index (χ4v) is 2.47. The number of ether oxygens (including phenoxy) is 1. The second-order valence-corrected chi connectivity index (χ2v) is 6.28. The Balaban J connectivity index is 1.88. The number of carbonyl (C=O) groups is 2. The van der Waals surface area contributed by atoms with Gasteiger partial charge in [-0.2, -0.15) is 5.26 Å². The van der Waals surface area contributed by atoms with Crippen LogP contribution in [-0.2, 0) is 14.3 Å². The third kappa shape index (κ3) is 5.69. The van der Waals surface area contributed by atoms with Gasteiger partial charge in [0.1, 0.15) is 11.9 Å². The topological polar surface area (TPSA) is 79.2 Å². The maximum atomic E-state index is 13.5. The molecule has 26 heavy (non-hydrogen) atoms. The van der Waals surface area contributed by atoms with E-state index in [9.17, 15) is 14.0 Å². The van der Waals surface area contributed by atoms with Crippen LogP contribution in [0.25, 0.3) is 6.08 Å². The Hall–Kier alpha value is -2.69. The molecule has 2 aromatic carbocycles. The number of hydrogen-bond donors (Lipinski definition) is 1. The molecule has 2 aromatic rings. The van der Waals surface area contributed by atoms with Crippen LogP contribution in [0.2, 0.25) is 5.02 Å². The molecule has 0 saturated heterocycles. The Labute approximate surface area is 162 Å². The Kier molecular flexibility index (Phi) is 6.89. The van der Waals surface area contributed by atoms with Gasteiger partial charge in [-0.3, -0.25) is 4.79 Å². The summed E-state index contributed by atoms with van der Waals surface area (Å²) in [6.45, 7) is -0.526. The summed E-state index contributed by atoms with van der Waals surface area (Å²) in [6.07, 6.45) is 2.28. The monoisotopic (exact) mass is 436 g/mol. The molecule has 0 aliphatic heterocycles. The lowest BCUT2D eigenvalue weighted by atomic mass is 10.2. The zero-order chi connectivity index (χ0) is 19.1. The third-order valence-corrected chi connectivity index (χ3v) is 3.88. The van der Waals surface area contributed by atoms with Crippen molar-refractivity contribution in [2.75, 3.05) is 11.9 Å². The Morgan fingerprint density at radius 1 is 1.31 bits per heavy atom. The summed E-state index contributed by atoms with van der Waals surface area (Å²) in [5.74, 6) is -1.87. The van der Waals surface area contributed by atoms with Crippen molar-refractivity contribution in [3.63, 3.8) is 0 Å². The molecule has 2 rings (SSSR count). The van der Waals surface area contributed by atoms with E-state index >= 15 is 0 Å². The summed E-state index contributed by atoms with van der Waals surface area (Å²) in [4.78, 5) is 23.4. The highest BCUT2D eigenvalue weighted by Crippen LogP contribution is 2.20. The van der Waals surface area contributed by atoms with Gasteiger partial charge in [-0.1, -0.05) is 27.5 Å². The van der Waals surface area contributed by atoms with Gasteiger partial charge in [-0.05, 0) is 42.5 Å². The van der Waals surface area contributed by atoms with Crippen LogP contribution >= 0.6 is 27.5 Å². The van der Waals surface area contributed by atoms with Gasteiger partial charge in [-0.15, -0.1) is 0 Å². The van der Waals surface area contributed by atoms with E-state index in [4.69, 9.17) is 21.6 Å². The average molecular weight is 438 g/mol. The van der Waals surface area contributed by atoms with Crippen molar-refractivity contribution in [1.29, 1.82) is 5.26 Å². The number of nitrogens with one attached hydrogen (secondary N) is 1. The molecular weight excluding hydrogens is 427 g/mol. The molecule has 0 radical (unpaired) electrons. The fraction of sp³-hybridized carbons (Fsp3) is 0.0556. The number of esters is 1. The second-order valence-electron chi connectivity index (χ2n) is 4.96. The molecule has 8 heteroatoms. The maximum absolute atomic E-state index is 13.5. The zero-order valence-corrected chi connectivity index (χ0v) is 15.5. The first-order chi connectivity index (χ1) is 12.4. The van der Waals surface area contributed by atoms with Crippen molar-refractivity contribution in [2.24, 2.45) is 0 Å². The molecule has 0 aliphatic rings. The molecular formula is C18H11BrClFN2O3. The minimum absolute atomic E-state index is 0.196. The number of carbonyl (C=O) groups excluding carboxylic acids is 2. The fourth-order valence-electron chi connectivity index (χ4n) is 1.87. The number of amides is 1. The highest BCUT2D eigenvalue weighted by molar-refractivity contribution is 9.10.